The number of sulfonamides is 1. The van der Waals surface area contributed by atoms with E-state index < -0.39 is 15.8 Å². The van der Waals surface area contributed by atoms with Gasteiger partial charge >= 0.3 is 5.76 Å². The van der Waals surface area contributed by atoms with E-state index in [4.69, 9.17) is 9.15 Å². The molecule has 0 radical (unpaired) electrons. The van der Waals surface area contributed by atoms with Crippen LogP contribution in [0.15, 0.2) is 32.3 Å². The lowest BCUT2D eigenvalue weighted by Crippen LogP contribution is -3.14. The lowest BCUT2D eigenvalue weighted by Gasteiger charge is -2.23. The summed E-state index contributed by atoms with van der Waals surface area (Å²) in [5.41, 5.74) is 0.831. The van der Waals surface area contributed by atoms with E-state index in [-0.39, 0.29) is 10.5 Å². The number of rotatable bonds is 6. The van der Waals surface area contributed by atoms with Crippen LogP contribution in [-0.4, -0.2) is 52.4 Å². The Morgan fingerprint density at radius 2 is 2.04 bits per heavy atom. The highest BCUT2D eigenvalue weighted by Crippen LogP contribution is 2.17. The lowest BCUT2D eigenvalue weighted by molar-refractivity contribution is -0.908. The fraction of sp³-hybridized carbons (Fsp3) is 0.533. The van der Waals surface area contributed by atoms with Crippen LogP contribution in [0.2, 0.25) is 0 Å². The number of hydrogen-bond acceptors (Lipinski definition) is 5. The van der Waals surface area contributed by atoms with Crippen molar-refractivity contribution in [3.8, 4) is 0 Å². The van der Waals surface area contributed by atoms with Gasteiger partial charge in [-0.1, -0.05) is 0 Å². The molecular formula is C15H22N3O5S+. The predicted octanol–water partition coefficient (Wildman–Crippen LogP) is -1.28. The molecule has 1 fully saturated rings. The van der Waals surface area contributed by atoms with E-state index in [0.717, 1.165) is 39.3 Å². The third-order valence-electron chi connectivity index (χ3n) is 4.27. The smallest absolute Gasteiger partial charge is 0.408 e. The molecule has 132 valence electrons. The van der Waals surface area contributed by atoms with E-state index in [9.17, 15) is 13.2 Å². The first-order chi connectivity index (χ1) is 11.5. The summed E-state index contributed by atoms with van der Waals surface area (Å²) in [6.07, 6.45) is 0.761. The molecule has 2 N–H and O–H groups in total. The van der Waals surface area contributed by atoms with Crippen LogP contribution in [0.25, 0.3) is 11.1 Å². The minimum absolute atomic E-state index is 0.100. The molecule has 0 aliphatic carbocycles. The number of quaternary nitrogens is 1. The predicted molar refractivity (Wildman–Crippen MR) is 87.6 cm³/mol. The molecule has 0 amide bonds. The van der Waals surface area contributed by atoms with Gasteiger partial charge in [0.05, 0.1) is 30.2 Å². The second kappa shape index (κ2) is 7.06. The highest BCUT2D eigenvalue weighted by Gasteiger charge is 2.17. The molecule has 9 heteroatoms. The highest BCUT2D eigenvalue weighted by molar-refractivity contribution is 7.89. The van der Waals surface area contributed by atoms with Crippen LogP contribution in [-0.2, 0) is 21.8 Å². The number of aryl methyl sites for hydroxylation is 1. The molecule has 0 spiro atoms. The first-order valence-corrected chi connectivity index (χ1v) is 9.46. The van der Waals surface area contributed by atoms with Crippen molar-refractivity contribution in [2.24, 2.45) is 7.05 Å². The van der Waals surface area contributed by atoms with Crippen molar-refractivity contribution in [2.75, 3.05) is 39.4 Å². The number of oxazole rings is 1. The maximum Gasteiger partial charge on any atom is 0.419 e. The van der Waals surface area contributed by atoms with Crippen LogP contribution in [0, 0.1) is 0 Å². The number of hydrogen-bond donors (Lipinski definition) is 2. The standard InChI is InChI=1S/C15H21N3O5S/c1-17-13-4-3-12(11-14(13)23-15(17)19)24(20,21)16-5-2-6-18-7-9-22-10-8-18/h3-4,11,16H,2,5-10H2,1H3/p+1. The fourth-order valence-corrected chi connectivity index (χ4v) is 3.91. The summed E-state index contributed by atoms with van der Waals surface area (Å²) in [5.74, 6) is -0.513. The summed E-state index contributed by atoms with van der Waals surface area (Å²) in [7, 11) is -2.04. The molecule has 0 bridgehead atoms. The summed E-state index contributed by atoms with van der Waals surface area (Å²) in [4.78, 5) is 13.0. The molecule has 1 saturated heterocycles. The Morgan fingerprint density at radius 1 is 1.29 bits per heavy atom. The minimum atomic E-state index is -3.61. The number of nitrogens with zero attached hydrogens (tertiary/aromatic N) is 1. The maximum atomic E-state index is 12.4. The Hall–Kier alpha value is -1.68. The molecule has 2 heterocycles. The zero-order chi connectivity index (χ0) is 17.2. The molecule has 0 atom stereocenters. The van der Waals surface area contributed by atoms with Crippen molar-refractivity contribution in [1.29, 1.82) is 0 Å². The van der Waals surface area contributed by atoms with Gasteiger partial charge in [0.15, 0.2) is 5.58 Å². The second-order valence-electron chi connectivity index (χ2n) is 5.92. The number of fused-ring (bicyclic) bond motifs is 1. The van der Waals surface area contributed by atoms with Gasteiger partial charge in [-0.15, -0.1) is 0 Å². The van der Waals surface area contributed by atoms with Crippen molar-refractivity contribution < 1.29 is 22.5 Å². The molecule has 1 aliphatic heterocycles. The van der Waals surface area contributed by atoms with Crippen LogP contribution in [0.5, 0.6) is 0 Å². The molecule has 2 aromatic rings. The summed E-state index contributed by atoms with van der Waals surface area (Å²) in [5, 5.41) is 0. The Labute approximate surface area is 140 Å². The van der Waals surface area contributed by atoms with Crippen LogP contribution >= 0.6 is 0 Å². The van der Waals surface area contributed by atoms with E-state index in [2.05, 4.69) is 4.72 Å². The largest absolute Gasteiger partial charge is 0.419 e. The summed E-state index contributed by atoms with van der Waals surface area (Å²) in [6.45, 7) is 4.77. The number of morpholine rings is 1. The van der Waals surface area contributed by atoms with Gasteiger partial charge in [-0.05, 0) is 12.1 Å². The maximum absolute atomic E-state index is 12.4. The van der Waals surface area contributed by atoms with Gasteiger partial charge in [0.25, 0.3) is 0 Å². The van der Waals surface area contributed by atoms with Gasteiger partial charge < -0.3 is 14.1 Å². The average Bonchev–Trinajstić information content (AvgIpc) is 2.87. The third kappa shape index (κ3) is 3.69. The first kappa shape index (κ1) is 17.2. The molecule has 1 aliphatic rings. The van der Waals surface area contributed by atoms with E-state index in [0.29, 0.717) is 12.1 Å². The Kier molecular flexibility index (Phi) is 5.04. The molecular weight excluding hydrogens is 334 g/mol. The van der Waals surface area contributed by atoms with Gasteiger partial charge in [-0.25, -0.2) is 17.9 Å². The number of benzene rings is 1. The van der Waals surface area contributed by atoms with Crippen molar-refractivity contribution in [3.05, 3.63) is 28.7 Å². The summed E-state index contributed by atoms with van der Waals surface area (Å²) >= 11 is 0. The second-order valence-corrected chi connectivity index (χ2v) is 7.69. The zero-order valence-electron chi connectivity index (χ0n) is 13.6. The van der Waals surface area contributed by atoms with Crippen LogP contribution in [0.4, 0.5) is 0 Å². The Bertz CT molecular complexity index is 865. The van der Waals surface area contributed by atoms with Gasteiger partial charge in [0.2, 0.25) is 10.0 Å². The zero-order valence-corrected chi connectivity index (χ0v) is 14.4. The first-order valence-electron chi connectivity index (χ1n) is 7.98. The average molecular weight is 356 g/mol. The van der Waals surface area contributed by atoms with Gasteiger partial charge in [-0.3, -0.25) is 4.57 Å². The Balaban J connectivity index is 1.61. The molecule has 24 heavy (non-hydrogen) atoms. The molecule has 0 saturated carbocycles. The van der Waals surface area contributed by atoms with E-state index in [1.54, 1.807) is 13.1 Å². The summed E-state index contributed by atoms with van der Waals surface area (Å²) < 4.78 is 39.0. The summed E-state index contributed by atoms with van der Waals surface area (Å²) in [6, 6.07) is 4.44. The normalized spacial score (nSPS) is 16.7. The third-order valence-corrected chi connectivity index (χ3v) is 5.73. The monoisotopic (exact) mass is 356 g/mol. The van der Waals surface area contributed by atoms with Crippen molar-refractivity contribution >= 4 is 21.1 Å². The van der Waals surface area contributed by atoms with Crippen molar-refractivity contribution in [1.82, 2.24) is 9.29 Å². The van der Waals surface area contributed by atoms with E-state index >= 15 is 0 Å². The SMILES string of the molecule is Cn1c(=O)oc2cc(S(=O)(=O)NCCC[NH+]3CCOCC3)ccc21. The number of aromatic nitrogens is 1. The van der Waals surface area contributed by atoms with Crippen molar-refractivity contribution in [2.45, 2.75) is 11.3 Å². The van der Waals surface area contributed by atoms with Crippen molar-refractivity contribution in [3.63, 3.8) is 0 Å². The molecule has 8 nitrogen and oxygen atoms in total. The molecule has 3 rings (SSSR count). The van der Waals surface area contributed by atoms with Gasteiger partial charge in [0, 0.05) is 26.1 Å². The van der Waals surface area contributed by atoms with E-state index in [1.165, 1.54) is 21.6 Å². The molecule has 1 aromatic heterocycles. The number of ether oxygens (including phenoxy) is 1. The lowest BCUT2D eigenvalue weighted by atomic mass is 10.3. The number of nitrogens with one attached hydrogen (secondary N) is 2. The van der Waals surface area contributed by atoms with Crippen LogP contribution in [0.3, 0.4) is 0 Å². The molecule has 1 aromatic carbocycles. The fourth-order valence-electron chi connectivity index (χ4n) is 2.82. The quantitative estimate of drug-likeness (QED) is 0.629. The van der Waals surface area contributed by atoms with Crippen LogP contribution in [0.1, 0.15) is 6.42 Å². The van der Waals surface area contributed by atoms with Crippen LogP contribution < -0.4 is 15.4 Å². The topological polar surface area (TPSA) is 95.0 Å². The highest BCUT2D eigenvalue weighted by atomic mass is 32.2. The van der Waals surface area contributed by atoms with E-state index in [1.807, 2.05) is 0 Å². The molecule has 0 unspecified atom stereocenters. The van der Waals surface area contributed by atoms with Gasteiger partial charge in [-0.2, -0.15) is 0 Å². The minimum Gasteiger partial charge on any atom is -0.408 e. The van der Waals surface area contributed by atoms with Gasteiger partial charge in [0.1, 0.15) is 13.1 Å². The Morgan fingerprint density at radius 3 is 2.79 bits per heavy atom.